The first-order valence-corrected chi connectivity index (χ1v) is 6.95. The van der Waals surface area contributed by atoms with Crippen molar-refractivity contribution < 1.29 is 0 Å². The molecule has 0 spiro atoms. The Morgan fingerprint density at radius 3 is 2.00 bits per heavy atom. The van der Waals surface area contributed by atoms with Crippen molar-refractivity contribution in [2.24, 2.45) is 5.92 Å². The molecule has 0 aliphatic heterocycles. The van der Waals surface area contributed by atoms with E-state index in [9.17, 15) is 0 Å². The standard InChI is InChI=1S/C14H32N2/c1-7-8-14(6)11-15-9-10-16(12(2)3)13(4)5/h12-15H,7-11H2,1-6H3. The van der Waals surface area contributed by atoms with E-state index in [0.29, 0.717) is 12.1 Å². The van der Waals surface area contributed by atoms with Crippen LogP contribution in [-0.4, -0.2) is 36.6 Å². The van der Waals surface area contributed by atoms with Crippen molar-refractivity contribution >= 4 is 0 Å². The Morgan fingerprint density at radius 2 is 1.56 bits per heavy atom. The second-order valence-corrected chi connectivity index (χ2v) is 5.52. The molecular formula is C14H32N2. The lowest BCUT2D eigenvalue weighted by molar-refractivity contribution is 0.175. The molecule has 0 amide bonds. The molecule has 2 nitrogen and oxygen atoms in total. The molecule has 1 atom stereocenters. The SMILES string of the molecule is CCCC(C)CNCCN(C(C)C)C(C)C. The van der Waals surface area contributed by atoms with Crippen LogP contribution in [-0.2, 0) is 0 Å². The minimum Gasteiger partial charge on any atom is -0.315 e. The van der Waals surface area contributed by atoms with E-state index in [1.54, 1.807) is 0 Å². The van der Waals surface area contributed by atoms with Crippen LogP contribution in [0.4, 0.5) is 0 Å². The molecular weight excluding hydrogens is 196 g/mol. The van der Waals surface area contributed by atoms with Gasteiger partial charge in [0.2, 0.25) is 0 Å². The van der Waals surface area contributed by atoms with Crippen molar-refractivity contribution in [1.29, 1.82) is 0 Å². The summed E-state index contributed by atoms with van der Waals surface area (Å²) in [6.07, 6.45) is 2.64. The van der Waals surface area contributed by atoms with E-state index in [2.05, 4.69) is 51.8 Å². The van der Waals surface area contributed by atoms with Crippen LogP contribution >= 0.6 is 0 Å². The molecule has 0 aliphatic carbocycles. The predicted octanol–water partition coefficient (Wildman–Crippen LogP) is 3.13. The summed E-state index contributed by atoms with van der Waals surface area (Å²) >= 11 is 0. The number of nitrogens with one attached hydrogen (secondary N) is 1. The number of nitrogens with zero attached hydrogens (tertiary/aromatic N) is 1. The van der Waals surface area contributed by atoms with Gasteiger partial charge in [-0.2, -0.15) is 0 Å². The van der Waals surface area contributed by atoms with Gasteiger partial charge < -0.3 is 5.32 Å². The van der Waals surface area contributed by atoms with E-state index in [0.717, 1.165) is 25.6 Å². The minimum atomic E-state index is 0.648. The fourth-order valence-electron chi connectivity index (χ4n) is 2.26. The molecule has 0 aromatic heterocycles. The Hall–Kier alpha value is -0.0800. The predicted molar refractivity (Wildman–Crippen MR) is 73.9 cm³/mol. The van der Waals surface area contributed by atoms with Crippen LogP contribution in [0.15, 0.2) is 0 Å². The van der Waals surface area contributed by atoms with Gasteiger partial charge in [0.1, 0.15) is 0 Å². The van der Waals surface area contributed by atoms with Crippen molar-refractivity contribution in [1.82, 2.24) is 10.2 Å². The first-order valence-electron chi connectivity index (χ1n) is 6.95. The zero-order valence-corrected chi connectivity index (χ0v) is 12.2. The van der Waals surface area contributed by atoms with Crippen molar-refractivity contribution in [3.8, 4) is 0 Å². The van der Waals surface area contributed by atoms with Gasteiger partial charge in [0.05, 0.1) is 0 Å². The van der Waals surface area contributed by atoms with Gasteiger partial charge in [-0.05, 0) is 46.6 Å². The molecule has 98 valence electrons. The van der Waals surface area contributed by atoms with Crippen molar-refractivity contribution in [3.05, 3.63) is 0 Å². The largest absolute Gasteiger partial charge is 0.315 e. The van der Waals surface area contributed by atoms with Crippen LogP contribution in [0.1, 0.15) is 54.4 Å². The average molecular weight is 228 g/mol. The van der Waals surface area contributed by atoms with Crippen molar-refractivity contribution in [2.75, 3.05) is 19.6 Å². The van der Waals surface area contributed by atoms with Gasteiger partial charge in [-0.15, -0.1) is 0 Å². The first kappa shape index (κ1) is 15.9. The Balaban J connectivity index is 3.62. The zero-order chi connectivity index (χ0) is 12.6. The molecule has 16 heavy (non-hydrogen) atoms. The van der Waals surface area contributed by atoms with Gasteiger partial charge in [-0.3, -0.25) is 4.90 Å². The third kappa shape index (κ3) is 7.24. The van der Waals surface area contributed by atoms with Gasteiger partial charge >= 0.3 is 0 Å². The Labute approximate surface area is 103 Å². The van der Waals surface area contributed by atoms with Crippen LogP contribution in [0.2, 0.25) is 0 Å². The summed E-state index contributed by atoms with van der Waals surface area (Å²) in [6.45, 7) is 17.1. The lowest BCUT2D eigenvalue weighted by atomic mass is 10.1. The van der Waals surface area contributed by atoms with Crippen LogP contribution in [0.25, 0.3) is 0 Å². The summed E-state index contributed by atoms with van der Waals surface area (Å²) in [5.74, 6) is 0.816. The molecule has 1 N–H and O–H groups in total. The number of hydrogen-bond donors (Lipinski definition) is 1. The monoisotopic (exact) mass is 228 g/mol. The van der Waals surface area contributed by atoms with E-state index >= 15 is 0 Å². The maximum atomic E-state index is 3.57. The second kappa shape index (κ2) is 9.00. The van der Waals surface area contributed by atoms with E-state index in [1.165, 1.54) is 12.8 Å². The molecule has 0 aromatic carbocycles. The van der Waals surface area contributed by atoms with E-state index in [-0.39, 0.29) is 0 Å². The van der Waals surface area contributed by atoms with Crippen LogP contribution in [0.3, 0.4) is 0 Å². The lowest BCUT2D eigenvalue weighted by Crippen LogP contribution is -2.42. The summed E-state index contributed by atoms with van der Waals surface area (Å²) in [7, 11) is 0. The average Bonchev–Trinajstić information content (AvgIpc) is 2.16. The summed E-state index contributed by atoms with van der Waals surface area (Å²) in [5, 5.41) is 3.57. The summed E-state index contributed by atoms with van der Waals surface area (Å²) in [6, 6.07) is 1.30. The Bertz CT molecular complexity index is 147. The lowest BCUT2D eigenvalue weighted by Gasteiger charge is -2.30. The minimum absolute atomic E-state index is 0.648. The molecule has 0 saturated heterocycles. The topological polar surface area (TPSA) is 15.3 Å². The molecule has 0 bridgehead atoms. The molecule has 0 saturated carbocycles. The van der Waals surface area contributed by atoms with Gasteiger partial charge in [0.25, 0.3) is 0 Å². The van der Waals surface area contributed by atoms with Crippen LogP contribution in [0, 0.1) is 5.92 Å². The zero-order valence-electron chi connectivity index (χ0n) is 12.2. The summed E-state index contributed by atoms with van der Waals surface area (Å²) < 4.78 is 0. The highest BCUT2D eigenvalue weighted by Gasteiger charge is 2.12. The molecule has 0 aromatic rings. The fraction of sp³-hybridized carbons (Fsp3) is 1.00. The van der Waals surface area contributed by atoms with Gasteiger partial charge in [-0.25, -0.2) is 0 Å². The number of hydrogen-bond acceptors (Lipinski definition) is 2. The molecule has 1 unspecified atom stereocenters. The Morgan fingerprint density at radius 1 is 1.00 bits per heavy atom. The van der Waals surface area contributed by atoms with Gasteiger partial charge in [0.15, 0.2) is 0 Å². The van der Waals surface area contributed by atoms with E-state index in [4.69, 9.17) is 0 Å². The molecule has 0 aliphatic rings. The fourth-order valence-corrected chi connectivity index (χ4v) is 2.26. The first-order chi connectivity index (χ1) is 7.49. The Kier molecular flexibility index (Phi) is 8.96. The highest BCUT2D eigenvalue weighted by Crippen LogP contribution is 2.04. The molecule has 0 fully saturated rings. The summed E-state index contributed by atoms with van der Waals surface area (Å²) in [5.41, 5.74) is 0. The van der Waals surface area contributed by atoms with Crippen molar-refractivity contribution in [3.63, 3.8) is 0 Å². The van der Waals surface area contributed by atoms with Gasteiger partial charge in [0, 0.05) is 25.2 Å². The number of rotatable bonds is 9. The maximum Gasteiger partial charge on any atom is 0.0112 e. The summed E-state index contributed by atoms with van der Waals surface area (Å²) in [4.78, 5) is 2.54. The third-order valence-electron chi connectivity index (χ3n) is 3.15. The molecule has 2 heteroatoms. The van der Waals surface area contributed by atoms with Crippen LogP contribution in [0.5, 0.6) is 0 Å². The van der Waals surface area contributed by atoms with Gasteiger partial charge in [-0.1, -0.05) is 20.3 Å². The van der Waals surface area contributed by atoms with Crippen molar-refractivity contribution in [2.45, 2.75) is 66.5 Å². The van der Waals surface area contributed by atoms with E-state index in [1.807, 2.05) is 0 Å². The molecule has 0 radical (unpaired) electrons. The quantitative estimate of drug-likeness (QED) is 0.610. The molecule has 0 rings (SSSR count). The van der Waals surface area contributed by atoms with Crippen LogP contribution < -0.4 is 5.32 Å². The highest BCUT2D eigenvalue weighted by molar-refractivity contribution is 4.68. The highest BCUT2D eigenvalue weighted by atomic mass is 15.2. The second-order valence-electron chi connectivity index (χ2n) is 5.52. The smallest absolute Gasteiger partial charge is 0.0112 e. The normalized spacial score (nSPS) is 14.1. The third-order valence-corrected chi connectivity index (χ3v) is 3.15. The molecule has 0 heterocycles. The van der Waals surface area contributed by atoms with E-state index < -0.39 is 0 Å². The maximum absolute atomic E-state index is 3.57.